The summed E-state index contributed by atoms with van der Waals surface area (Å²) in [6, 6.07) is 0. The number of piperazine rings is 1. The second kappa shape index (κ2) is 12.5. The van der Waals surface area contributed by atoms with E-state index >= 15 is 0 Å². The number of Topliss-reactive ketones (excluding diaryl/α,β-unsaturated/α-hetero) is 1. The van der Waals surface area contributed by atoms with Crippen LogP contribution >= 0.6 is 0 Å². The number of carboxylic acids is 1. The van der Waals surface area contributed by atoms with E-state index < -0.39 is 11.4 Å². The predicted molar refractivity (Wildman–Crippen MR) is 194 cm³/mol. The zero-order valence-electron chi connectivity index (χ0n) is 32.7. The largest absolute Gasteiger partial charge is 0.481 e. The van der Waals surface area contributed by atoms with Crippen LogP contribution in [0.1, 0.15) is 133 Å². The zero-order valence-corrected chi connectivity index (χ0v) is 32.7. The van der Waals surface area contributed by atoms with Crippen LogP contribution in [0.25, 0.3) is 0 Å². The standard InChI is InChI=1S/C42H68N2O5/c1-27(2)34-29(45)25-42(19-20-44-23-21-43(10)22-24-44)18-17-40(8)28(35(34)42)11-12-31-39(7)15-14-32(49-33(46)26-37(3,4)36(47)48)38(5,6)30(39)13-16-41(31,40)9/h27-28,30-32H,11-26H2,1-10H3,(H,47,48)/t28-,30+,31-,32+,39+,40-,41-,42-/m1/s1. The van der Waals surface area contributed by atoms with Gasteiger partial charge in [-0.15, -0.1) is 0 Å². The van der Waals surface area contributed by atoms with E-state index in [1.807, 2.05) is 0 Å². The fraction of sp³-hybridized carbons (Fsp3) is 0.881. The molecule has 5 fully saturated rings. The van der Waals surface area contributed by atoms with Crippen molar-refractivity contribution in [3.63, 3.8) is 0 Å². The number of carbonyl (C=O) groups excluding carboxylic acids is 2. The lowest BCUT2D eigenvalue weighted by Gasteiger charge is -2.72. The molecule has 0 unspecified atom stereocenters. The molecule has 0 radical (unpaired) electrons. The molecule has 0 aromatic carbocycles. The first-order valence-corrected chi connectivity index (χ1v) is 19.8. The lowest BCUT2D eigenvalue weighted by atomic mass is 9.33. The Kier molecular flexibility index (Phi) is 9.41. The minimum Gasteiger partial charge on any atom is -0.481 e. The first-order chi connectivity index (χ1) is 22.7. The van der Waals surface area contributed by atoms with Gasteiger partial charge in [0.2, 0.25) is 0 Å². The van der Waals surface area contributed by atoms with E-state index in [9.17, 15) is 19.5 Å². The number of esters is 1. The van der Waals surface area contributed by atoms with Crippen LogP contribution in [0.3, 0.4) is 0 Å². The molecule has 49 heavy (non-hydrogen) atoms. The number of hydrogen-bond donors (Lipinski definition) is 1. The minimum absolute atomic E-state index is 0.0354. The van der Waals surface area contributed by atoms with Gasteiger partial charge >= 0.3 is 11.9 Å². The molecule has 6 rings (SSSR count). The maximum Gasteiger partial charge on any atom is 0.309 e. The molecule has 7 nitrogen and oxygen atoms in total. The van der Waals surface area contributed by atoms with Gasteiger partial charge in [0.05, 0.1) is 11.8 Å². The second-order valence-corrected chi connectivity index (χ2v) is 20.1. The van der Waals surface area contributed by atoms with Crippen molar-refractivity contribution in [3.05, 3.63) is 11.1 Å². The normalized spacial score (nSPS) is 41.2. The van der Waals surface area contributed by atoms with Gasteiger partial charge in [0, 0.05) is 43.4 Å². The van der Waals surface area contributed by atoms with E-state index in [4.69, 9.17) is 4.74 Å². The summed E-state index contributed by atoms with van der Waals surface area (Å²) in [6.45, 7) is 25.8. The van der Waals surface area contributed by atoms with Gasteiger partial charge in [-0.2, -0.15) is 0 Å². The molecular formula is C42H68N2O5. The van der Waals surface area contributed by atoms with Crippen LogP contribution < -0.4 is 0 Å². The van der Waals surface area contributed by atoms with Crippen LogP contribution in [0.15, 0.2) is 11.1 Å². The summed E-state index contributed by atoms with van der Waals surface area (Å²) in [6.07, 6.45) is 10.4. The molecule has 8 atom stereocenters. The molecule has 4 saturated carbocycles. The minimum atomic E-state index is -1.14. The van der Waals surface area contributed by atoms with Crippen LogP contribution in [0, 0.1) is 56.2 Å². The molecule has 1 saturated heterocycles. The number of rotatable bonds is 8. The molecule has 7 heteroatoms. The monoisotopic (exact) mass is 681 g/mol. The summed E-state index contributed by atoms with van der Waals surface area (Å²) < 4.78 is 6.18. The number of hydrogen-bond acceptors (Lipinski definition) is 6. The first kappa shape index (κ1) is 37.0. The highest BCUT2D eigenvalue weighted by Crippen LogP contribution is 2.77. The number of likely N-dealkylation sites (N-methyl/N-ethyl adjacent to an activating group) is 1. The quantitative estimate of drug-likeness (QED) is 0.260. The van der Waals surface area contributed by atoms with Crippen LogP contribution in [-0.2, 0) is 19.1 Å². The third-order valence-electron chi connectivity index (χ3n) is 16.5. The summed E-state index contributed by atoms with van der Waals surface area (Å²) in [4.78, 5) is 43.9. The number of carboxylic acid groups (broad SMARTS) is 1. The lowest BCUT2D eigenvalue weighted by Crippen LogP contribution is -2.65. The summed E-state index contributed by atoms with van der Waals surface area (Å²) in [5, 5.41) is 9.60. The average molecular weight is 681 g/mol. The smallest absolute Gasteiger partial charge is 0.309 e. The van der Waals surface area contributed by atoms with E-state index in [2.05, 4.69) is 65.3 Å². The van der Waals surface area contributed by atoms with Crippen LogP contribution in [0.2, 0.25) is 0 Å². The highest BCUT2D eigenvalue weighted by molar-refractivity contribution is 6.00. The van der Waals surface area contributed by atoms with Gasteiger partial charge in [-0.1, -0.05) is 54.0 Å². The van der Waals surface area contributed by atoms with Crippen molar-refractivity contribution in [2.45, 2.75) is 139 Å². The molecule has 0 aromatic rings. The van der Waals surface area contributed by atoms with Crippen molar-refractivity contribution in [2.24, 2.45) is 56.2 Å². The van der Waals surface area contributed by atoms with Gasteiger partial charge in [0.15, 0.2) is 5.78 Å². The summed E-state index contributed by atoms with van der Waals surface area (Å²) in [5.41, 5.74) is 1.98. The number of fused-ring (bicyclic) bond motifs is 7. The van der Waals surface area contributed by atoms with E-state index in [0.717, 1.165) is 71.2 Å². The molecule has 1 heterocycles. The fourth-order valence-corrected chi connectivity index (χ4v) is 13.3. The van der Waals surface area contributed by atoms with E-state index in [-0.39, 0.29) is 51.5 Å². The van der Waals surface area contributed by atoms with Gasteiger partial charge in [-0.25, -0.2) is 0 Å². The molecule has 1 aliphatic heterocycles. The third kappa shape index (κ3) is 5.78. The number of allylic oxidation sites excluding steroid dienone is 2. The highest BCUT2D eigenvalue weighted by Gasteiger charge is 2.70. The second-order valence-electron chi connectivity index (χ2n) is 20.1. The topological polar surface area (TPSA) is 87.2 Å². The van der Waals surface area contributed by atoms with E-state index in [1.165, 1.54) is 31.3 Å². The Morgan fingerprint density at radius 1 is 0.898 bits per heavy atom. The van der Waals surface area contributed by atoms with Crippen molar-refractivity contribution in [2.75, 3.05) is 39.8 Å². The van der Waals surface area contributed by atoms with Crippen molar-refractivity contribution in [1.29, 1.82) is 0 Å². The predicted octanol–water partition coefficient (Wildman–Crippen LogP) is 8.02. The van der Waals surface area contributed by atoms with Crippen molar-refractivity contribution in [1.82, 2.24) is 9.80 Å². The van der Waals surface area contributed by atoms with E-state index in [0.29, 0.717) is 23.5 Å². The molecule has 0 amide bonds. The van der Waals surface area contributed by atoms with Crippen LogP contribution in [-0.4, -0.2) is 78.5 Å². The van der Waals surface area contributed by atoms with Gasteiger partial charge in [-0.3, -0.25) is 14.4 Å². The zero-order chi connectivity index (χ0) is 35.9. The SMILES string of the molecule is CC(C)C1=C2[C@H]3CC[C@@H]4[C@@]5(C)CC[C@H](OC(=O)CC(C)(C)C(=O)O)C(C)(C)[C@@H]5CC[C@@]4(C)[C@]3(C)CC[C@@]2(CCN2CCN(C)CC2)CC1=O. The van der Waals surface area contributed by atoms with E-state index in [1.54, 1.807) is 19.4 Å². The maximum atomic E-state index is 14.0. The fourth-order valence-electron chi connectivity index (χ4n) is 13.3. The molecule has 6 aliphatic rings. The molecule has 0 spiro atoms. The maximum absolute atomic E-state index is 14.0. The Hall–Kier alpha value is -1.73. The highest BCUT2D eigenvalue weighted by atomic mass is 16.5. The van der Waals surface area contributed by atoms with Crippen molar-refractivity contribution >= 4 is 17.7 Å². The molecule has 0 aromatic heterocycles. The van der Waals surface area contributed by atoms with Gasteiger partial charge in [0.25, 0.3) is 0 Å². The number of aliphatic carboxylic acids is 1. The van der Waals surface area contributed by atoms with Gasteiger partial charge in [-0.05, 0) is 131 Å². The number of carbonyl (C=O) groups is 3. The third-order valence-corrected chi connectivity index (χ3v) is 16.5. The molecule has 0 bridgehead atoms. The number of nitrogens with zero attached hydrogens (tertiary/aromatic N) is 2. The number of ether oxygens (including phenoxy) is 1. The van der Waals surface area contributed by atoms with Crippen molar-refractivity contribution in [3.8, 4) is 0 Å². The number of ketones is 1. The van der Waals surface area contributed by atoms with Crippen LogP contribution in [0.5, 0.6) is 0 Å². The summed E-state index contributed by atoms with van der Waals surface area (Å²) in [7, 11) is 2.22. The average Bonchev–Trinajstić information content (AvgIpc) is 3.30. The Balaban J connectivity index is 1.26. The molecule has 5 aliphatic carbocycles. The Labute approximate surface area is 297 Å². The summed E-state index contributed by atoms with van der Waals surface area (Å²) in [5.74, 6) is 0.847. The van der Waals surface area contributed by atoms with Gasteiger partial charge in [0.1, 0.15) is 6.10 Å². The lowest BCUT2D eigenvalue weighted by molar-refractivity contribution is -0.233. The molecule has 1 N–H and O–H groups in total. The first-order valence-electron chi connectivity index (χ1n) is 19.8. The molecule has 276 valence electrons. The van der Waals surface area contributed by atoms with Gasteiger partial charge < -0.3 is 19.6 Å². The van der Waals surface area contributed by atoms with Crippen LogP contribution in [0.4, 0.5) is 0 Å². The summed E-state index contributed by atoms with van der Waals surface area (Å²) >= 11 is 0. The Morgan fingerprint density at radius 3 is 2.20 bits per heavy atom. The van der Waals surface area contributed by atoms with Crippen molar-refractivity contribution < 1.29 is 24.2 Å². The Bertz CT molecular complexity index is 1370. The Morgan fingerprint density at radius 2 is 1.57 bits per heavy atom. The molecular weight excluding hydrogens is 612 g/mol.